The van der Waals surface area contributed by atoms with Crippen LogP contribution in [-0.4, -0.2) is 37.6 Å². The minimum atomic E-state index is 0.279. The third-order valence-electron chi connectivity index (χ3n) is 3.58. The zero-order chi connectivity index (χ0) is 13.8. The molecule has 0 bridgehead atoms. The first kappa shape index (κ1) is 14.4. The van der Waals surface area contributed by atoms with Gasteiger partial charge in [-0.15, -0.1) is 0 Å². The van der Waals surface area contributed by atoms with Gasteiger partial charge >= 0.3 is 0 Å². The average molecular weight is 322 g/mol. The highest BCUT2D eigenvalue weighted by Gasteiger charge is 2.26. The summed E-state index contributed by atoms with van der Waals surface area (Å²) in [5.41, 5.74) is 1.21. The van der Waals surface area contributed by atoms with E-state index in [0.717, 1.165) is 24.1 Å². The van der Waals surface area contributed by atoms with Gasteiger partial charge in [-0.2, -0.15) is 5.26 Å². The number of nitriles is 1. The summed E-state index contributed by atoms with van der Waals surface area (Å²) in [5, 5.41) is 9.07. The fourth-order valence-corrected chi connectivity index (χ4v) is 3.10. The van der Waals surface area contributed by atoms with Crippen LogP contribution in [0.5, 0.6) is 0 Å². The molecule has 19 heavy (non-hydrogen) atoms. The van der Waals surface area contributed by atoms with Crippen LogP contribution in [0.4, 0.5) is 5.69 Å². The van der Waals surface area contributed by atoms with E-state index in [1.165, 1.54) is 5.69 Å². The predicted octanol–water partition coefficient (Wildman–Crippen LogP) is 3.12. The van der Waals surface area contributed by atoms with Crippen LogP contribution in [0.1, 0.15) is 13.3 Å². The van der Waals surface area contributed by atoms with E-state index >= 15 is 0 Å². The summed E-state index contributed by atoms with van der Waals surface area (Å²) in [5.74, 6) is 0.609. The van der Waals surface area contributed by atoms with Crippen molar-refractivity contribution in [2.45, 2.75) is 19.4 Å². The lowest BCUT2D eigenvalue weighted by atomic mass is 10.1. The summed E-state index contributed by atoms with van der Waals surface area (Å²) in [7, 11) is 2.14. The molecular weight excluding hydrogens is 302 g/mol. The van der Waals surface area contributed by atoms with Gasteiger partial charge in [-0.1, -0.05) is 22.9 Å². The van der Waals surface area contributed by atoms with E-state index in [4.69, 9.17) is 5.26 Å². The van der Waals surface area contributed by atoms with Gasteiger partial charge in [-0.3, -0.25) is 0 Å². The van der Waals surface area contributed by atoms with Crippen LogP contribution in [-0.2, 0) is 0 Å². The smallest absolute Gasteiger partial charge is 0.0643 e. The van der Waals surface area contributed by atoms with Gasteiger partial charge in [0.25, 0.3) is 0 Å². The first-order chi connectivity index (χ1) is 9.10. The Balaban J connectivity index is 2.26. The largest absolute Gasteiger partial charge is 0.366 e. The highest BCUT2D eigenvalue weighted by molar-refractivity contribution is 9.10. The van der Waals surface area contributed by atoms with Crippen molar-refractivity contribution in [1.29, 1.82) is 5.26 Å². The maximum Gasteiger partial charge on any atom is 0.0643 e. The molecular formula is C15H20BrN3. The second-order valence-electron chi connectivity index (χ2n) is 5.47. The van der Waals surface area contributed by atoms with E-state index in [2.05, 4.69) is 70.0 Å². The zero-order valence-corrected chi connectivity index (χ0v) is 13.1. The number of benzene rings is 1. The molecule has 4 heteroatoms. The van der Waals surface area contributed by atoms with Crippen molar-refractivity contribution in [3.8, 4) is 6.07 Å². The molecule has 0 spiro atoms. The summed E-state index contributed by atoms with van der Waals surface area (Å²) in [4.78, 5) is 4.73. The molecule has 0 amide bonds. The Hall–Kier alpha value is -1.05. The van der Waals surface area contributed by atoms with E-state index < -0.39 is 0 Å². The molecule has 1 aliphatic heterocycles. The van der Waals surface area contributed by atoms with Crippen molar-refractivity contribution in [1.82, 2.24) is 4.90 Å². The SMILES string of the molecule is CC1CN(C)CC(CC#N)N(c2ccc(Br)cc2)C1. The third kappa shape index (κ3) is 3.71. The number of nitrogens with zero attached hydrogens (tertiary/aromatic N) is 3. The predicted molar refractivity (Wildman–Crippen MR) is 82.2 cm³/mol. The molecule has 0 radical (unpaired) electrons. The van der Waals surface area contributed by atoms with E-state index in [0.29, 0.717) is 12.3 Å². The number of hydrogen-bond donors (Lipinski definition) is 0. The molecule has 1 aliphatic rings. The topological polar surface area (TPSA) is 30.3 Å². The molecule has 1 heterocycles. The molecule has 1 aromatic carbocycles. The summed E-state index contributed by atoms with van der Waals surface area (Å²) in [6.07, 6.45) is 0.577. The molecule has 1 aromatic rings. The van der Waals surface area contributed by atoms with Gasteiger partial charge < -0.3 is 9.80 Å². The Labute approximate surface area is 123 Å². The number of likely N-dealkylation sites (N-methyl/N-ethyl adjacent to an activating group) is 1. The van der Waals surface area contributed by atoms with E-state index in [1.54, 1.807) is 0 Å². The molecule has 102 valence electrons. The molecule has 2 rings (SSSR count). The van der Waals surface area contributed by atoms with Crippen LogP contribution in [0.3, 0.4) is 0 Å². The highest BCUT2D eigenvalue weighted by atomic mass is 79.9. The summed E-state index contributed by atoms with van der Waals surface area (Å²) >= 11 is 3.47. The van der Waals surface area contributed by atoms with Crippen molar-refractivity contribution < 1.29 is 0 Å². The molecule has 2 atom stereocenters. The van der Waals surface area contributed by atoms with Gasteiger partial charge in [0.15, 0.2) is 0 Å². The zero-order valence-electron chi connectivity index (χ0n) is 11.5. The van der Waals surface area contributed by atoms with Crippen molar-refractivity contribution in [2.24, 2.45) is 5.92 Å². The molecule has 0 aromatic heterocycles. The molecule has 0 saturated carbocycles. The van der Waals surface area contributed by atoms with Crippen LogP contribution >= 0.6 is 15.9 Å². The van der Waals surface area contributed by atoms with Crippen LogP contribution in [0.25, 0.3) is 0 Å². The Morgan fingerprint density at radius 2 is 1.95 bits per heavy atom. The number of halogens is 1. The van der Waals surface area contributed by atoms with Crippen LogP contribution in [0.15, 0.2) is 28.7 Å². The lowest BCUT2D eigenvalue weighted by Crippen LogP contribution is -2.40. The Morgan fingerprint density at radius 3 is 2.58 bits per heavy atom. The lowest BCUT2D eigenvalue weighted by molar-refractivity contribution is 0.304. The van der Waals surface area contributed by atoms with Gasteiger partial charge in [0.05, 0.1) is 18.5 Å². The highest BCUT2D eigenvalue weighted by Crippen LogP contribution is 2.25. The van der Waals surface area contributed by atoms with Crippen LogP contribution < -0.4 is 4.90 Å². The minimum absolute atomic E-state index is 0.279. The number of rotatable bonds is 2. The molecule has 3 nitrogen and oxygen atoms in total. The van der Waals surface area contributed by atoms with E-state index in [-0.39, 0.29) is 6.04 Å². The van der Waals surface area contributed by atoms with E-state index in [9.17, 15) is 0 Å². The second kappa shape index (κ2) is 6.40. The van der Waals surface area contributed by atoms with E-state index in [1.807, 2.05) is 0 Å². The second-order valence-corrected chi connectivity index (χ2v) is 6.39. The van der Waals surface area contributed by atoms with Crippen LogP contribution in [0, 0.1) is 17.2 Å². The van der Waals surface area contributed by atoms with Gasteiger partial charge in [-0.25, -0.2) is 0 Å². The summed E-state index contributed by atoms with van der Waals surface area (Å²) in [6, 6.07) is 11.0. The fourth-order valence-electron chi connectivity index (χ4n) is 2.84. The van der Waals surface area contributed by atoms with Crippen molar-refractivity contribution in [2.75, 3.05) is 31.6 Å². The monoisotopic (exact) mass is 321 g/mol. The average Bonchev–Trinajstić information content (AvgIpc) is 2.49. The van der Waals surface area contributed by atoms with Crippen molar-refractivity contribution in [3.05, 3.63) is 28.7 Å². The quantitative estimate of drug-likeness (QED) is 0.838. The lowest BCUT2D eigenvalue weighted by Gasteiger charge is -2.32. The molecule has 2 unspecified atom stereocenters. The third-order valence-corrected chi connectivity index (χ3v) is 4.11. The number of anilines is 1. The first-order valence-corrected chi connectivity index (χ1v) is 7.47. The molecule has 1 saturated heterocycles. The maximum atomic E-state index is 9.07. The Kier molecular flexibility index (Phi) is 4.84. The van der Waals surface area contributed by atoms with Gasteiger partial charge in [-0.05, 0) is 37.2 Å². The first-order valence-electron chi connectivity index (χ1n) is 6.68. The van der Waals surface area contributed by atoms with Crippen molar-refractivity contribution in [3.63, 3.8) is 0 Å². The summed E-state index contributed by atoms with van der Waals surface area (Å²) < 4.78 is 1.09. The van der Waals surface area contributed by atoms with Crippen molar-refractivity contribution >= 4 is 21.6 Å². The van der Waals surface area contributed by atoms with Gasteiger partial charge in [0.1, 0.15) is 0 Å². The summed E-state index contributed by atoms with van der Waals surface area (Å²) in [6.45, 7) is 5.33. The Bertz CT molecular complexity index is 451. The maximum absolute atomic E-state index is 9.07. The van der Waals surface area contributed by atoms with Gasteiger partial charge in [0, 0.05) is 29.8 Å². The number of hydrogen-bond acceptors (Lipinski definition) is 3. The minimum Gasteiger partial charge on any atom is -0.366 e. The molecule has 0 aliphatic carbocycles. The standard InChI is InChI=1S/C15H20BrN3/c1-12-9-18(2)11-15(7-8-17)19(10-12)14-5-3-13(16)4-6-14/h3-6,12,15H,7,9-11H2,1-2H3. The van der Waals surface area contributed by atoms with Gasteiger partial charge in [0.2, 0.25) is 0 Å². The Morgan fingerprint density at radius 1 is 1.26 bits per heavy atom. The molecule has 0 N–H and O–H groups in total. The fraction of sp³-hybridized carbons (Fsp3) is 0.533. The normalized spacial score (nSPS) is 24.8. The van der Waals surface area contributed by atoms with Crippen LogP contribution in [0.2, 0.25) is 0 Å². The molecule has 1 fully saturated rings.